The van der Waals surface area contributed by atoms with Gasteiger partial charge >= 0.3 is 0 Å². The highest BCUT2D eigenvalue weighted by Gasteiger charge is 2.13. The molecular weight excluding hydrogens is 272 g/mol. The second-order valence-corrected chi connectivity index (χ2v) is 4.56. The Morgan fingerprint density at radius 1 is 0.905 bits per heavy atom. The highest BCUT2D eigenvalue weighted by Crippen LogP contribution is 2.30. The Kier molecular flexibility index (Phi) is 3.19. The van der Waals surface area contributed by atoms with Crippen LogP contribution in [0.25, 0.3) is 11.5 Å². The molecule has 0 unspecified atom stereocenters. The molecule has 3 rings (SSSR count). The first-order valence-corrected chi connectivity index (χ1v) is 6.24. The molecule has 0 atom stereocenters. The van der Waals surface area contributed by atoms with Crippen LogP contribution in [0, 0.1) is 0 Å². The minimum absolute atomic E-state index is 0.0416. The number of benzene rings is 2. The summed E-state index contributed by atoms with van der Waals surface area (Å²) < 4.78 is 5.12. The zero-order valence-corrected chi connectivity index (χ0v) is 10.9. The summed E-state index contributed by atoms with van der Waals surface area (Å²) in [7, 11) is 0. The molecule has 0 saturated heterocycles. The van der Waals surface area contributed by atoms with E-state index in [0.29, 0.717) is 17.8 Å². The number of phenols is 3. The zero-order chi connectivity index (χ0) is 14.8. The van der Waals surface area contributed by atoms with Crippen LogP contribution < -0.4 is 0 Å². The van der Waals surface area contributed by atoms with Crippen LogP contribution in [0.4, 0.5) is 0 Å². The fraction of sp³-hybridized carbons (Fsp3) is 0.0667. The number of aromatic nitrogens is 2. The lowest BCUT2D eigenvalue weighted by molar-refractivity contribution is 0.417. The Bertz CT molecular complexity index is 766. The third-order valence-corrected chi connectivity index (χ3v) is 2.98. The van der Waals surface area contributed by atoms with Crippen LogP contribution >= 0.6 is 0 Å². The van der Waals surface area contributed by atoms with E-state index in [1.165, 1.54) is 18.2 Å². The summed E-state index contributed by atoms with van der Waals surface area (Å²) in [4.78, 5) is 4.21. The van der Waals surface area contributed by atoms with Gasteiger partial charge in [-0.15, -0.1) is 0 Å². The van der Waals surface area contributed by atoms with E-state index in [4.69, 9.17) is 4.52 Å². The van der Waals surface area contributed by atoms with Crippen LogP contribution in [0.15, 0.2) is 47.0 Å². The van der Waals surface area contributed by atoms with Crippen molar-refractivity contribution in [3.05, 3.63) is 53.9 Å². The predicted molar refractivity (Wildman–Crippen MR) is 74.0 cm³/mol. The molecule has 0 spiro atoms. The maximum Gasteiger partial charge on any atom is 0.261 e. The highest BCUT2D eigenvalue weighted by molar-refractivity contribution is 5.63. The second-order valence-electron chi connectivity index (χ2n) is 4.56. The van der Waals surface area contributed by atoms with Crippen molar-refractivity contribution in [3.8, 4) is 28.7 Å². The van der Waals surface area contributed by atoms with Gasteiger partial charge in [0.15, 0.2) is 5.82 Å². The molecule has 106 valence electrons. The van der Waals surface area contributed by atoms with Crippen molar-refractivity contribution in [1.82, 2.24) is 10.1 Å². The van der Waals surface area contributed by atoms with Gasteiger partial charge in [0.1, 0.15) is 17.2 Å². The van der Waals surface area contributed by atoms with Crippen LogP contribution in [0.3, 0.4) is 0 Å². The minimum atomic E-state index is -0.130. The lowest BCUT2D eigenvalue weighted by atomic mass is 10.1. The van der Waals surface area contributed by atoms with Crippen molar-refractivity contribution in [3.63, 3.8) is 0 Å². The quantitative estimate of drug-likeness (QED) is 0.683. The van der Waals surface area contributed by atoms with Gasteiger partial charge in [-0.1, -0.05) is 17.3 Å². The van der Waals surface area contributed by atoms with Gasteiger partial charge in [0, 0.05) is 12.5 Å². The van der Waals surface area contributed by atoms with E-state index >= 15 is 0 Å². The van der Waals surface area contributed by atoms with E-state index in [1.807, 2.05) is 0 Å². The Labute approximate surface area is 119 Å². The van der Waals surface area contributed by atoms with Gasteiger partial charge < -0.3 is 19.8 Å². The summed E-state index contributed by atoms with van der Waals surface area (Å²) in [5.74, 6) is 0.668. The predicted octanol–water partition coefficient (Wildman–Crippen LogP) is 2.44. The molecule has 1 heterocycles. The van der Waals surface area contributed by atoms with Gasteiger partial charge in [-0.25, -0.2) is 0 Å². The van der Waals surface area contributed by atoms with Crippen molar-refractivity contribution in [2.45, 2.75) is 6.42 Å². The Morgan fingerprint density at radius 3 is 2.33 bits per heavy atom. The van der Waals surface area contributed by atoms with E-state index in [1.54, 1.807) is 24.3 Å². The van der Waals surface area contributed by atoms with Gasteiger partial charge in [0.2, 0.25) is 0 Å². The maximum absolute atomic E-state index is 9.76. The molecular formula is C15H12N2O4. The summed E-state index contributed by atoms with van der Waals surface area (Å²) in [5.41, 5.74) is 1.28. The topological polar surface area (TPSA) is 99.6 Å². The minimum Gasteiger partial charge on any atom is -0.508 e. The molecule has 1 aromatic heterocycles. The summed E-state index contributed by atoms with van der Waals surface area (Å²) in [6.45, 7) is 0. The summed E-state index contributed by atoms with van der Waals surface area (Å²) in [5, 5.41) is 32.1. The molecule has 21 heavy (non-hydrogen) atoms. The molecule has 6 heteroatoms. The molecule has 0 saturated carbocycles. The first-order valence-electron chi connectivity index (χ1n) is 6.24. The third-order valence-electron chi connectivity index (χ3n) is 2.98. The van der Waals surface area contributed by atoms with Crippen molar-refractivity contribution in [2.75, 3.05) is 0 Å². The fourth-order valence-corrected chi connectivity index (χ4v) is 1.93. The smallest absolute Gasteiger partial charge is 0.261 e. The van der Waals surface area contributed by atoms with Crippen LogP contribution in [0.1, 0.15) is 11.4 Å². The maximum atomic E-state index is 9.76. The number of hydrogen-bond donors (Lipinski definition) is 3. The SMILES string of the molecule is Oc1ccc(Cc2noc(-c3ccc(O)cc3O)n2)cc1. The zero-order valence-electron chi connectivity index (χ0n) is 10.9. The van der Waals surface area contributed by atoms with Gasteiger partial charge in [-0.05, 0) is 29.8 Å². The summed E-state index contributed by atoms with van der Waals surface area (Å²) >= 11 is 0. The van der Waals surface area contributed by atoms with Crippen molar-refractivity contribution < 1.29 is 19.8 Å². The Balaban J connectivity index is 1.84. The van der Waals surface area contributed by atoms with Crippen LogP contribution in [0.5, 0.6) is 17.2 Å². The largest absolute Gasteiger partial charge is 0.508 e. The summed E-state index contributed by atoms with van der Waals surface area (Å²) in [6, 6.07) is 10.8. The number of nitrogens with zero attached hydrogens (tertiary/aromatic N) is 2. The lowest BCUT2D eigenvalue weighted by Crippen LogP contribution is -1.90. The lowest BCUT2D eigenvalue weighted by Gasteiger charge is -1.99. The fourth-order valence-electron chi connectivity index (χ4n) is 1.93. The molecule has 0 amide bonds. The monoisotopic (exact) mass is 284 g/mol. The van der Waals surface area contributed by atoms with Gasteiger partial charge in [0.05, 0.1) is 5.56 Å². The Morgan fingerprint density at radius 2 is 1.62 bits per heavy atom. The number of phenolic OH excluding ortho intramolecular Hbond substituents is 3. The molecule has 0 aliphatic heterocycles. The van der Waals surface area contributed by atoms with E-state index in [9.17, 15) is 15.3 Å². The van der Waals surface area contributed by atoms with Crippen molar-refractivity contribution >= 4 is 0 Å². The molecule has 6 nitrogen and oxygen atoms in total. The highest BCUT2D eigenvalue weighted by atomic mass is 16.5. The molecule has 0 aliphatic rings. The Hall–Kier alpha value is -3.02. The molecule has 0 fully saturated rings. The third kappa shape index (κ3) is 2.79. The van der Waals surface area contributed by atoms with E-state index in [-0.39, 0.29) is 23.1 Å². The molecule has 0 aliphatic carbocycles. The molecule has 0 radical (unpaired) electrons. The van der Waals surface area contributed by atoms with E-state index in [2.05, 4.69) is 10.1 Å². The van der Waals surface area contributed by atoms with E-state index < -0.39 is 0 Å². The number of rotatable bonds is 3. The molecule has 2 aromatic carbocycles. The van der Waals surface area contributed by atoms with Gasteiger partial charge in [0.25, 0.3) is 5.89 Å². The first-order chi connectivity index (χ1) is 10.1. The van der Waals surface area contributed by atoms with Crippen LogP contribution in [0.2, 0.25) is 0 Å². The van der Waals surface area contributed by atoms with Crippen LogP contribution in [-0.2, 0) is 6.42 Å². The average molecular weight is 284 g/mol. The number of aromatic hydroxyl groups is 3. The molecule has 3 aromatic rings. The second kappa shape index (κ2) is 5.16. The summed E-state index contributed by atoms with van der Waals surface area (Å²) in [6.07, 6.45) is 0.447. The van der Waals surface area contributed by atoms with Crippen molar-refractivity contribution in [1.29, 1.82) is 0 Å². The van der Waals surface area contributed by atoms with Gasteiger partial charge in [-0.3, -0.25) is 0 Å². The molecule has 3 N–H and O–H groups in total. The normalized spacial score (nSPS) is 10.7. The van der Waals surface area contributed by atoms with E-state index in [0.717, 1.165) is 5.56 Å². The molecule has 0 bridgehead atoms. The standard InChI is InChI=1S/C15H12N2O4/c18-10-3-1-9(2-4-10)7-14-16-15(21-17-14)12-6-5-11(19)8-13(12)20/h1-6,8,18-20H,7H2. The van der Waals surface area contributed by atoms with Crippen LogP contribution in [-0.4, -0.2) is 25.5 Å². The van der Waals surface area contributed by atoms with Gasteiger partial charge in [-0.2, -0.15) is 4.98 Å². The first kappa shape index (κ1) is 13.0. The van der Waals surface area contributed by atoms with Crippen molar-refractivity contribution in [2.24, 2.45) is 0 Å². The average Bonchev–Trinajstić information content (AvgIpc) is 2.90. The number of hydrogen-bond acceptors (Lipinski definition) is 6.